The third-order valence-electron chi connectivity index (χ3n) is 6.65. The second kappa shape index (κ2) is 10.3. The second-order valence-corrected chi connectivity index (χ2v) is 8.89. The molecule has 0 aromatic carbocycles. The van der Waals surface area contributed by atoms with Crippen LogP contribution < -0.4 is 0 Å². The molecule has 1 aliphatic heterocycles. The first-order chi connectivity index (χ1) is 13.3. The van der Waals surface area contributed by atoms with E-state index < -0.39 is 78.0 Å². The van der Waals surface area contributed by atoms with Gasteiger partial charge in [-0.3, -0.25) is 9.59 Å². The van der Waals surface area contributed by atoms with Crippen LogP contribution >= 0.6 is 0 Å². The molecule has 5 N–H and O–H groups in total. The molecule has 1 fully saturated rings. The average Bonchev–Trinajstić information content (AvgIpc) is 2.71. The lowest BCUT2D eigenvalue weighted by Crippen LogP contribution is -2.53. The monoisotopic (exact) mass is 418 g/mol. The molecule has 1 heterocycles. The van der Waals surface area contributed by atoms with E-state index in [9.17, 15) is 35.1 Å². The van der Waals surface area contributed by atoms with Crippen LogP contribution in [0.1, 0.15) is 54.4 Å². The maximum atomic E-state index is 12.9. The molecule has 1 aliphatic rings. The third kappa shape index (κ3) is 5.55. The average molecular weight is 419 g/mol. The number of ether oxygens (including phenoxy) is 1. The van der Waals surface area contributed by atoms with E-state index in [1.807, 2.05) is 0 Å². The fourth-order valence-corrected chi connectivity index (χ4v) is 4.28. The molecule has 8 heteroatoms. The first-order valence-corrected chi connectivity index (χ1v) is 10.4. The van der Waals surface area contributed by atoms with Crippen LogP contribution in [0.5, 0.6) is 0 Å². The summed E-state index contributed by atoms with van der Waals surface area (Å²) in [5.41, 5.74) is -2.14. The van der Waals surface area contributed by atoms with Gasteiger partial charge in [-0.1, -0.05) is 34.6 Å². The highest BCUT2D eigenvalue weighted by atomic mass is 16.5. The Balaban J connectivity index is 3.38. The van der Waals surface area contributed by atoms with Crippen LogP contribution in [0.15, 0.2) is 0 Å². The van der Waals surface area contributed by atoms with Crippen molar-refractivity contribution in [3.8, 4) is 0 Å². The number of cyclic esters (lactones) is 1. The molecule has 0 aromatic rings. The molecule has 0 aliphatic carbocycles. The van der Waals surface area contributed by atoms with Crippen molar-refractivity contribution in [2.75, 3.05) is 6.61 Å². The molecule has 0 unspecified atom stereocenters. The van der Waals surface area contributed by atoms with E-state index in [1.54, 1.807) is 27.7 Å². The highest BCUT2D eigenvalue weighted by Crippen LogP contribution is 2.32. The first-order valence-electron chi connectivity index (χ1n) is 10.4. The van der Waals surface area contributed by atoms with E-state index in [0.717, 1.165) is 0 Å². The smallest absolute Gasteiger partial charge is 0.311 e. The van der Waals surface area contributed by atoms with Crippen LogP contribution in [0.25, 0.3) is 0 Å². The summed E-state index contributed by atoms with van der Waals surface area (Å²) in [5, 5.41) is 52.5. The van der Waals surface area contributed by atoms with Gasteiger partial charge in [0, 0.05) is 17.8 Å². The van der Waals surface area contributed by atoms with Crippen LogP contribution in [0, 0.1) is 29.6 Å². The Labute approximate surface area is 172 Å². The number of ketones is 1. The van der Waals surface area contributed by atoms with Gasteiger partial charge in [-0.2, -0.15) is 0 Å². The molecular weight excluding hydrogens is 380 g/mol. The Morgan fingerprint density at radius 3 is 1.93 bits per heavy atom. The van der Waals surface area contributed by atoms with Gasteiger partial charge in [0.2, 0.25) is 0 Å². The molecule has 0 amide bonds. The minimum absolute atomic E-state index is 0.248. The minimum atomic E-state index is -2.14. The molecule has 1 rings (SSSR count). The Hall–Kier alpha value is -1.06. The Kier molecular flexibility index (Phi) is 9.23. The molecule has 0 bridgehead atoms. The van der Waals surface area contributed by atoms with E-state index in [0.29, 0.717) is 6.42 Å². The Morgan fingerprint density at radius 1 is 0.931 bits per heavy atom. The number of esters is 1. The van der Waals surface area contributed by atoms with E-state index >= 15 is 0 Å². The van der Waals surface area contributed by atoms with E-state index in [4.69, 9.17) is 4.74 Å². The van der Waals surface area contributed by atoms with E-state index in [2.05, 4.69) is 0 Å². The lowest BCUT2D eigenvalue weighted by Gasteiger charge is -2.38. The largest absolute Gasteiger partial charge is 0.462 e. The summed E-state index contributed by atoms with van der Waals surface area (Å²) in [5.74, 6) is -5.34. The molecule has 8 nitrogen and oxygen atoms in total. The number of carbonyl (C=O) groups excluding carboxylic acids is 2. The predicted molar refractivity (Wildman–Crippen MR) is 106 cm³/mol. The summed E-state index contributed by atoms with van der Waals surface area (Å²) < 4.78 is 5.52. The number of hydrogen-bond acceptors (Lipinski definition) is 8. The van der Waals surface area contributed by atoms with Crippen molar-refractivity contribution in [3.63, 3.8) is 0 Å². The van der Waals surface area contributed by atoms with Crippen molar-refractivity contribution in [1.29, 1.82) is 0 Å². The zero-order valence-electron chi connectivity index (χ0n) is 18.3. The second-order valence-electron chi connectivity index (χ2n) is 8.89. The first kappa shape index (κ1) is 26.0. The standard InChI is InChI=1S/C21H38O8/c1-7-15-11(3)17(24)13(5)19(26)21(28,9-22)8-10(2)16(23)12(4)18(25)14(6)20(27)29-15/h10-18,22-25,28H,7-9H2,1-6H3/t10-,11-,12+,13+,14+,15+,16-,17-,18-,21+/m0/s1. The SMILES string of the molecule is CC[C@H]1OC(=O)[C@H](C)[C@@H](O)[C@H](C)[C@@H](O)[C@@H](C)C[C@@](O)(CO)C(=O)[C@H](C)[C@@H](O)[C@H]1C. The maximum Gasteiger partial charge on any atom is 0.311 e. The topological polar surface area (TPSA) is 145 Å². The van der Waals surface area contributed by atoms with Gasteiger partial charge < -0.3 is 30.3 Å². The van der Waals surface area contributed by atoms with Crippen molar-refractivity contribution in [2.24, 2.45) is 29.6 Å². The van der Waals surface area contributed by atoms with Gasteiger partial charge in [-0.15, -0.1) is 0 Å². The molecule has 29 heavy (non-hydrogen) atoms. The lowest BCUT2D eigenvalue weighted by molar-refractivity contribution is -0.169. The lowest BCUT2D eigenvalue weighted by atomic mass is 9.74. The number of Topliss-reactive ketones (excluding diaryl/α,β-unsaturated/α-hetero) is 1. The summed E-state index contributed by atoms with van der Waals surface area (Å²) >= 11 is 0. The van der Waals surface area contributed by atoms with Gasteiger partial charge in [0.05, 0.1) is 30.8 Å². The molecule has 10 atom stereocenters. The van der Waals surface area contributed by atoms with Gasteiger partial charge in [-0.05, 0) is 25.7 Å². The van der Waals surface area contributed by atoms with Gasteiger partial charge in [0.15, 0.2) is 5.78 Å². The summed E-state index contributed by atoms with van der Waals surface area (Å²) in [4.78, 5) is 25.5. The normalized spacial score (nSPS) is 46.1. The summed E-state index contributed by atoms with van der Waals surface area (Å²) in [6.45, 7) is 8.71. The van der Waals surface area contributed by atoms with E-state index in [1.165, 1.54) is 13.8 Å². The highest BCUT2D eigenvalue weighted by Gasteiger charge is 2.46. The van der Waals surface area contributed by atoms with Crippen LogP contribution in [0.2, 0.25) is 0 Å². The van der Waals surface area contributed by atoms with Gasteiger partial charge in [0.25, 0.3) is 0 Å². The quantitative estimate of drug-likeness (QED) is 0.402. The van der Waals surface area contributed by atoms with Crippen LogP contribution in [0.4, 0.5) is 0 Å². The van der Waals surface area contributed by atoms with E-state index in [-0.39, 0.29) is 6.42 Å². The number of aliphatic hydroxyl groups excluding tert-OH is 4. The molecule has 0 aromatic heterocycles. The van der Waals surface area contributed by atoms with Crippen LogP contribution in [0.3, 0.4) is 0 Å². The molecule has 0 spiro atoms. The van der Waals surface area contributed by atoms with Crippen LogP contribution in [-0.2, 0) is 14.3 Å². The molecular formula is C21H38O8. The van der Waals surface area contributed by atoms with Gasteiger partial charge in [0.1, 0.15) is 11.7 Å². The fraction of sp³-hybridized carbons (Fsp3) is 0.905. The molecule has 170 valence electrons. The summed E-state index contributed by atoms with van der Waals surface area (Å²) in [6, 6.07) is 0. The number of hydrogen-bond donors (Lipinski definition) is 5. The van der Waals surface area contributed by atoms with Gasteiger partial charge in [-0.25, -0.2) is 0 Å². The summed E-state index contributed by atoms with van der Waals surface area (Å²) in [7, 11) is 0. The van der Waals surface area contributed by atoms with Crippen molar-refractivity contribution in [1.82, 2.24) is 0 Å². The molecule has 0 radical (unpaired) electrons. The third-order valence-corrected chi connectivity index (χ3v) is 6.65. The highest BCUT2D eigenvalue weighted by molar-refractivity contribution is 5.89. The number of aliphatic hydroxyl groups is 5. The summed E-state index contributed by atoms with van der Waals surface area (Å²) in [6.07, 6.45) is -4.14. The van der Waals surface area contributed by atoms with Crippen molar-refractivity contribution in [2.45, 2.75) is 84.4 Å². The van der Waals surface area contributed by atoms with Crippen molar-refractivity contribution in [3.05, 3.63) is 0 Å². The number of carbonyl (C=O) groups is 2. The minimum Gasteiger partial charge on any atom is -0.462 e. The predicted octanol–water partition coefficient (Wildman–Crippen LogP) is 0.268. The maximum absolute atomic E-state index is 12.9. The fourth-order valence-electron chi connectivity index (χ4n) is 4.28. The Morgan fingerprint density at radius 2 is 1.45 bits per heavy atom. The van der Waals surface area contributed by atoms with Gasteiger partial charge >= 0.3 is 5.97 Å². The molecule has 0 saturated carbocycles. The zero-order chi connectivity index (χ0) is 22.7. The number of rotatable bonds is 2. The van der Waals surface area contributed by atoms with Crippen LogP contribution in [-0.4, -0.2) is 73.9 Å². The Bertz CT molecular complexity index is 567. The zero-order valence-corrected chi connectivity index (χ0v) is 18.3. The van der Waals surface area contributed by atoms with Crippen molar-refractivity contribution < 1.29 is 39.9 Å². The molecule has 1 saturated heterocycles. The van der Waals surface area contributed by atoms with Crippen molar-refractivity contribution >= 4 is 11.8 Å².